The van der Waals surface area contributed by atoms with Crippen molar-refractivity contribution in [3.05, 3.63) is 70.9 Å². The van der Waals surface area contributed by atoms with Crippen LogP contribution in [0.1, 0.15) is 6.92 Å². The van der Waals surface area contributed by atoms with Crippen LogP contribution in [-0.4, -0.2) is 26.5 Å². The van der Waals surface area contributed by atoms with Crippen LogP contribution >= 0.6 is 0 Å². The molecular weight excluding hydrogens is 347 g/mol. The third-order valence-corrected chi connectivity index (χ3v) is 4.38. The average molecular weight is 364 g/mol. The van der Waals surface area contributed by atoms with Gasteiger partial charge in [0.25, 0.3) is 5.56 Å². The predicted molar refractivity (Wildman–Crippen MR) is 100 cm³/mol. The highest BCUT2D eigenvalue weighted by molar-refractivity contribution is 5.91. The molecule has 0 unspecified atom stereocenters. The van der Waals surface area contributed by atoms with Crippen LogP contribution in [0.3, 0.4) is 0 Å². The molecule has 1 aromatic carbocycles. The van der Waals surface area contributed by atoms with Crippen molar-refractivity contribution in [1.29, 1.82) is 0 Å². The molecule has 0 spiro atoms. The highest BCUT2D eigenvalue weighted by Crippen LogP contribution is 2.35. The maximum absolute atomic E-state index is 13.4. The normalized spacial score (nSPS) is 11.1. The Morgan fingerprint density at radius 1 is 1.07 bits per heavy atom. The van der Waals surface area contributed by atoms with Crippen molar-refractivity contribution < 1.29 is 9.13 Å². The van der Waals surface area contributed by atoms with E-state index in [0.29, 0.717) is 23.7 Å². The summed E-state index contributed by atoms with van der Waals surface area (Å²) >= 11 is 0. The molecule has 3 heterocycles. The molecule has 0 amide bonds. The number of aromatic nitrogens is 4. The van der Waals surface area contributed by atoms with Crippen LogP contribution in [0.2, 0.25) is 0 Å². The molecule has 4 aromatic rings. The minimum Gasteiger partial charge on any atom is -0.497 e. The van der Waals surface area contributed by atoms with Gasteiger partial charge in [-0.25, -0.2) is 13.6 Å². The average Bonchev–Trinajstić information content (AvgIpc) is 3.07. The first kappa shape index (κ1) is 17.0. The lowest BCUT2D eigenvalue weighted by atomic mass is 10.0. The first-order chi connectivity index (χ1) is 13.1. The van der Waals surface area contributed by atoms with Crippen LogP contribution in [0.15, 0.2) is 59.5 Å². The molecule has 6 nitrogen and oxygen atoms in total. The van der Waals surface area contributed by atoms with E-state index in [1.165, 1.54) is 22.9 Å². The van der Waals surface area contributed by atoms with E-state index in [1.54, 1.807) is 42.1 Å². The largest absolute Gasteiger partial charge is 0.497 e. The number of halogens is 1. The van der Waals surface area contributed by atoms with Gasteiger partial charge < -0.3 is 4.74 Å². The summed E-state index contributed by atoms with van der Waals surface area (Å²) in [6, 6.07) is 13.0. The smallest absolute Gasteiger partial charge is 0.266 e. The third kappa shape index (κ3) is 2.97. The van der Waals surface area contributed by atoms with Crippen molar-refractivity contribution in [1.82, 2.24) is 19.4 Å². The summed E-state index contributed by atoms with van der Waals surface area (Å²) in [6.07, 6.45) is 1.79. The summed E-state index contributed by atoms with van der Waals surface area (Å²) in [5.74, 6) is 0.363. The summed E-state index contributed by atoms with van der Waals surface area (Å²) in [4.78, 5) is 11.9. The van der Waals surface area contributed by atoms with Crippen molar-refractivity contribution in [2.24, 2.45) is 0 Å². The summed E-state index contributed by atoms with van der Waals surface area (Å²) in [5.41, 5.74) is 3.38. The van der Waals surface area contributed by atoms with E-state index in [2.05, 4.69) is 10.2 Å². The number of fused-ring (bicyclic) bond motifs is 1. The number of hydrogen-bond acceptors (Lipinski definition) is 4. The van der Waals surface area contributed by atoms with Crippen molar-refractivity contribution in [2.75, 3.05) is 7.11 Å². The van der Waals surface area contributed by atoms with Gasteiger partial charge in [-0.05, 0) is 43.3 Å². The van der Waals surface area contributed by atoms with Crippen LogP contribution in [0.4, 0.5) is 4.39 Å². The molecular formula is C20H17FN4O2. The van der Waals surface area contributed by atoms with Gasteiger partial charge in [0, 0.05) is 30.4 Å². The van der Waals surface area contributed by atoms with Crippen molar-refractivity contribution in [3.63, 3.8) is 0 Å². The quantitative estimate of drug-likeness (QED) is 0.557. The summed E-state index contributed by atoms with van der Waals surface area (Å²) in [7, 11) is 1.60. The Morgan fingerprint density at radius 2 is 1.85 bits per heavy atom. The Kier molecular flexibility index (Phi) is 4.19. The number of hydrogen-bond donors (Lipinski definition) is 0. The number of ether oxygens (including phenoxy) is 1. The third-order valence-electron chi connectivity index (χ3n) is 4.38. The van der Waals surface area contributed by atoms with Gasteiger partial charge in [-0.15, -0.1) is 0 Å². The minimum atomic E-state index is -0.316. The number of rotatable bonds is 4. The Balaban J connectivity index is 2.04. The number of nitrogens with zero attached hydrogens (tertiary/aromatic N) is 4. The van der Waals surface area contributed by atoms with Gasteiger partial charge in [0.05, 0.1) is 23.9 Å². The second-order valence-electron chi connectivity index (χ2n) is 6.00. The monoisotopic (exact) mass is 364 g/mol. The first-order valence-electron chi connectivity index (χ1n) is 8.51. The van der Waals surface area contributed by atoms with E-state index in [-0.39, 0.29) is 11.4 Å². The molecule has 0 aliphatic rings. The highest BCUT2D eigenvalue weighted by atomic mass is 19.1. The molecule has 136 valence electrons. The van der Waals surface area contributed by atoms with Crippen LogP contribution in [-0.2, 0) is 6.54 Å². The van der Waals surface area contributed by atoms with Gasteiger partial charge in [0.15, 0.2) is 0 Å². The van der Waals surface area contributed by atoms with Crippen LogP contribution in [0.25, 0.3) is 28.0 Å². The van der Waals surface area contributed by atoms with Crippen molar-refractivity contribution >= 4 is 5.52 Å². The van der Waals surface area contributed by atoms with E-state index >= 15 is 0 Å². The maximum Gasteiger partial charge on any atom is 0.266 e. The SMILES string of the molecule is CCn1nc(-c2c(-c3ccc(F)cc3)nn3ccc(OC)cc23)ccc1=O. The van der Waals surface area contributed by atoms with Gasteiger partial charge in [-0.1, -0.05) is 0 Å². The van der Waals surface area contributed by atoms with Gasteiger partial charge in [0.2, 0.25) is 0 Å². The van der Waals surface area contributed by atoms with Crippen LogP contribution < -0.4 is 10.3 Å². The van der Waals surface area contributed by atoms with E-state index in [0.717, 1.165) is 16.6 Å². The topological polar surface area (TPSA) is 61.4 Å². The predicted octanol–water partition coefficient (Wildman–Crippen LogP) is 3.39. The molecule has 0 radical (unpaired) electrons. The molecule has 0 saturated carbocycles. The zero-order chi connectivity index (χ0) is 19.0. The van der Waals surface area contributed by atoms with E-state index in [1.807, 2.05) is 13.0 Å². The fourth-order valence-corrected chi connectivity index (χ4v) is 3.02. The molecule has 0 fully saturated rings. The molecule has 7 heteroatoms. The molecule has 27 heavy (non-hydrogen) atoms. The number of pyridine rings is 1. The van der Waals surface area contributed by atoms with Gasteiger partial charge >= 0.3 is 0 Å². The highest BCUT2D eigenvalue weighted by Gasteiger charge is 2.19. The van der Waals surface area contributed by atoms with Gasteiger partial charge in [-0.3, -0.25) is 4.79 Å². The van der Waals surface area contributed by atoms with Crippen molar-refractivity contribution in [2.45, 2.75) is 13.5 Å². The molecule has 0 aliphatic carbocycles. The lowest BCUT2D eigenvalue weighted by Crippen LogP contribution is -2.21. The summed E-state index contributed by atoms with van der Waals surface area (Å²) < 4.78 is 21.8. The zero-order valence-electron chi connectivity index (χ0n) is 14.9. The minimum absolute atomic E-state index is 0.168. The van der Waals surface area contributed by atoms with Crippen molar-refractivity contribution in [3.8, 4) is 28.3 Å². The standard InChI is InChI=1S/C20H17FN4O2/c1-3-24-18(26)9-8-16(22-24)19-17-12-15(27-2)10-11-25(17)23-20(19)13-4-6-14(21)7-5-13/h4-12H,3H2,1-2H3. The fraction of sp³-hybridized carbons (Fsp3) is 0.150. The molecule has 0 bridgehead atoms. The molecule has 0 saturated heterocycles. The van der Waals surface area contributed by atoms with Gasteiger partial charge in [0.1, 0.15) is 17.3 Å². The first-order valence-corrected chi connectivity index (χ1v) is 8.51. The second kappa shape index (κ2) is 6.68. The summed E-state index contributed by atoms with van der Waals surface area (Å²) in [6.45, 7) is 2.32. The Labute approximate surface area is 154 Å². The van der Waals surface area contributed by atoms with Crippen LogP contribution in [0, 0.1) is 5.82 Å². The Bertz CT molecular complexity index is 1180. The molecule has 4 rings (SSSR count). The lowest BCUT2D eigenvalue weighted by Gasteiger charge is -2.07. The van der Waals surface area contributed by atoms with Crippen LogP contribution in [0.5, 0.6) is 5.75 Å². The number of benzene rings is 1. The number of methoxy groups -OCH3 is 1. The Morgan fingerprint density at radius 3 is 2.56 bits per heavy atom. The van der Waals surface area contributed by atoms with Gasteiger partial charge in [-0.2, -0.15) is 10.2 Å². The maximum atomic E-state index is 13.4. The summed E-state index contributed by atoms with van der Waals surface area (Å²) in [5, 5.41) is 9.13. The second-order valence-corrected chi connectivity index (χ2v) is 6.00. The van der Waals surface area contributed by atoms with E-state index in [4.69, 9.17) is 4.74 Å². The fourth-order valence-electron chi connectivity index (χ4n) is 3.02. The lowest BCUT2D eigenvalue weighted by molar-refractivity contribution is 0.414. The van der Waals surface area contributed by atoms with E-state index in [9.17, 15) is 9.18 Å². The molecule has 0 atom stereocenters. The zero-order valence-corrected chi connectivity index (χ0v) is 14.9. The number of aryl methyl sites for hydroxylation is 1. The molecule has 3 aromatic heterocycles. The Hall–Kier alpha value is -3.48. The molecule has 0 N–H and O–H groups in total. The van der Waals surface area contributed by atoms with E-state index < -0.39 is 0 Å². The molecule has 0 aliphatic heterocycles.